The van der Waals surface area contributed by atoms with Crippen molar-refractivity contribution < 1.29 is 0 Å². The lowest BCUT2D eigenvalue weighted by Crippen LogP contribution is -2.21. The summed E-state index contributed by atoms with van der Waals surface area (Å²) in [5.41, 5.74) is 8.73. The van der Waals surface area contributed by atoms with Crippen LogP contribution < -0.4 is 5.73 Å². The molecular formula is C15H16BrN3S. The third-order valence-corrected chi connectivity index (χ3v) is 3.65. The Morgan fingerprint density at radius 3 is 2.60 bits per heavy atom. The molecule has 0 spiro atoms. The third kappa shape index (κ3) is 4.10. The second kappa shape index (κ2) is 6.92. The second-order valence-electron chi connectivity index (χ2n) is 4.67. The van der Waals surface area contributed by atoms with Crippen molar-refractivity contribution in [3.05, 3.63) is 63.9 Å². The molecule has 0 unspecified atom stereocenters. The van der Waals surface area contributed by atoms with E-state index in [1.165, 1.54) is 5.56 Å². The molecule has 0 amide bonds. The van der Waals surface area contributed by atoms with Gasteiger partial charge in [0.2, 0.25) is 0 Å². The Morgan fingerprint density at radius 2 is 1.95 bits per heavy atom. The van der Waals surface area contributed by atoms with Crippen LogP contribution in [0.25, 0.3) is 0 Å². The number of aromatic nitrogens is 1. The van der Waals surface area contributed by atoms with Crippen molar-refractivity contribution in [2.45, 2.75) is 13.1 Å². The molecule has 0 aliphatic rings. The minimum atomic E-state index is 0.345. The summed E-state index contributed by atoms with van der Waals surface area (Å²) >= 11 is 8.48. The van der Waals surface area contributed by atoms with Gasteiger partial charge in [0.1, 0.15) is 10.7 Å². The van der Waals surface area contributed by atoms with Crippen LogP contribution in [0, 0.1) is 0 Å². The van der Waals surface area contributed by atoms with Gasteiger partial charge >= 0.3 is 0 Å². The topological polar surface area (TPSA) is 42.2 Å². The molecule has 20 heavy (non-hydrogen) atoms. The van der Waals surface area contributed by atoms with Gasteiger partial charge in [-0.3, -0.25) is 9.88 Å². The quantitative estimate of drug-likeness (QED) is 0.842. The molecule has 1 aromatic carbocycles. The van der Waals surface area contributed by atoms with E-state index in [4.69, 9.17) is 18.0 Å². The summed E-state index contributed by atoms with van der Waals surface area (Å²) in [7, 11) is 2.07. The molecule has 2 rings (SSSR count). The van der Waals surface area contributed by atoms with Crippen LogP contribution in [0.3, 0.4) is 0 Å². The summed E-state index contributed by atoms with van der Waals surface area (Å²) in [6, 6.07) is 12.2. The van der Waals surface area contributed by atoms with Gasteiger partial charge in [-0.15, -0.1) is 0 Å². The zero-order valence-electron chi connectivity index (χ0n) is 11.2. The summed E-state index contributed by atoms with van der Waals surface area (Å²) in [6.45, 7) is 1.62. The molecule has 5 heteroatoms. The molecule has 0 atom stereocenters. The van der Waals surface area contributed by atoms with Gasteiger partial charge in [0.25, 0.3) is 0 Å². The molecule has 2 aromatic rings. The van der Waals surface area contributed by atoms with Crippen molar-refractivity contribution in [3.63, 3.8) is 0 Å². The lowest BCUT2D eigenvalue weighted by Gasteiger charge is -2.18. The number of halogens is 1. The minimum Gasteiger partial charge on any atom is -0.388 e. The Labute approximate surface area is 132 Å². The fraction of sp³-hybridized carbons (Fsp3) is 0.200. The van der Waals surface area contributed by atoms with E-state index in [1.807, 2.05) is 24.3 Å². The Morgan fingerprint density at radius 1 is 1.25 bits per heavy atom. The lowest BCUT2D eigenvalue weighted by atomic mass is 10.1. The van der Waals surface area contributed by atoms with Crippen LogP contribution in [0.5, 0.6) is 0 Å². The van der Waals surface area contributed by atoms with E-state index >= 15 is 0 Å². The van der Waals surface area contributed by atoms with Crippen molar-refractivity contribution in [1.82, 2.24) is 9.88 Å². The van der Waals surface area contributed by atoms with Crippen LogP contribution >= 0.6 is 28.1 Å². The Hall–Kier alpha value is -1.30. The van der Waals surface area contributed by atoms with Gasteiger partial charge < -0.3 is 5.73 Å². The number of thiocarbonyl (C=S) groups is 1. The molecule has 1 aromatic heterocycles. The number of hydrogen-bond donors (Lipinski definition) is 1. The first-order chi connectivity index (χ1) is 9.56. The summed E-state index contributed by atoms with van der Waals surface area (Å²) in [6.07, 6.45) is 1.71. The maximum absolute atomic E-state index is 5.70. The highest BCUT2D eigenvalue weighted by atomic mass is 79.9. The predicted molar refractivity (Wildman–Crippen MR) is 89.4 cm³/mol. The van der Waals surface area contributed by atoms with Crippen LogP contribution in [-0.2, 0) is 13.1 Å². The number of nitrogens with two attached hydrogens (primary N) is 1. The highest BCUT2D eigenvalue weighted by molar-refractivity contribution is 9.10. The zero-order valence-corrected chi connectivity index (χ0v) is 13.6. The molecule has 1 heterocycles. The molecule has 0 fully saturated rings. The maximum Gasteiger partial charge on any atom is 0.123 e. The lowest BCUT2D eigenvalue weighted by molar-refractivity contribution is 0.318. The van der Waals surface area contributed by atoms with E-state index in [9.17, 15) is 0 Å². The van der Waals surface area contributed by atoms with E-state index < -0.39 is 0 Å². The fourth-order valence-electron chi connectivity index (χ4n) is 2.04. The van der Waals surface area contributed by atoms with E-state index in [0.717, 1.165) is 23.1 Å². The monoisotopic (exact) mass is 349 g/mol. The smallest absolute Gasteiger partial charge is 0.123 e. The normalized spacial score (nSPS) is 10.8. The highest BCUT2D eigenvalue weighted by Gasteiger charge is 2.09. The van der Waals surface area contributed by atoms with Gasteiger partial charge in [0.15, 0.2) is 0 Å². The third-order valence-electron chi connectivity index (χ3n) is 2.93. The SMILES string of the molecule is CN(Cc1ccc(Br)cc1)Cc1cccnc1C(N)=S. The molecule has 0 saturated heterocycles. The van der Waals surface area contributed by atoms with Crippen molar-refractivity contribution in [3.8, 4) is 0 Å². The first-order valence-corrected chi connectivity index (χ1v) is 7.43. The maximum atomic E-state index is 5.70. The van der Waals surface area contributed by atoms with Crippen LogP contribution in [0.2, 0.25) is 0 Å². The first-order valence-electron chi connectivity index (χ1n) is 6.23. The Bertz CT molecular complexity index is 598. The van der Waals surface area contributed by atoms with Crippen LogP contribution in [0.4, 0.5) is 0 Å². The van der Waals surface area contributed by atoms with Crippen molar-refractivity contribution in [2.75, 3.05) is 7.05 Å². The zero-order chi connectivity index (χ0) is 14.5. The summed E-state index contributed by atoms with van der Waals surface area (Å²) < 4.78 is 1.09. The highest BCUT2D eigenvalue weighted by Crippen LogP contribution is 2.14. The van der Waals surface area contributed by atoms with E-state index in [0.29, 0.717) is 10.7 Å². The van der Waals surface area contributed by atoms with Gasteiger partial charge in [-0.05, 0) is 36.4 Å². The van der Waals surface area contributed by atoms with Gasteiger partial charge in [0.05, 0.1) is 0 Å². The summed E-state index contributed by atoms with van der Waals surface area (Å²) in [4.78, 5) is 6.81. The molecular weight excluding hydrogens is 334 g/mol. The number of hydrogen-bond acceptors (Lipinski definition) is 3. The van der Waals surface area contributed by atoms with Crippen molar-refractivity contribution in [1.29, 1.82) is 0 Å². The largest absolute Gasteiger partial charge is 0.388 e. The molecule has 3 nitrogen and oxygen atoms in total. The Balaban J connectivity index is 2.06. The van der Waals surface area contributed by atoms with Crippen molar-refractivity contribution >= 4 is 33.1 Å². The Kier molecular flexibility index (Phi) is 5.23. The van der Waals surface area contributed by atoms with Crippen LogP contribution in [0.15, 0.2) is 47.1 Å². The molecule has 0 aliphatic heterocycles. The fourth-order valence-corrected chi connectivity index (χ4v) is 2.48. The molecule has 0 bridgehead atoms. The minimum absolute atomic E-state index is 0.345. The molecule has 104 valence electrons. The van der Waals surface area contributed by atoms with Crippen LogP contribution in [-0.4, -0.2) is 21.9 Å². The van der Waals surface area contributed by atoms with E-state index in [1.54, 1.807) is 6.20 Å². The van der Waals surface area contributed by atoms with Gasteiger partial charge in [-0.2, -0.15) is 0 Å². The molecule has 0 aliphatic carbocycles. The molecule has 0 radical (unpaired) electrons. The number of nitrogens with zero attached hydrogens (tertiary/aromatic N) is 2. The first kappa shape index (κ1) is 15.1. The van der Waals surface area contributed by atoms with Gasteiger partial charge in [-0.1, -0.05) is 46.3 Å². The summed E-state index contributed by atoms with van der Waals surface area (Å²) in [5.74, 6) is 0. The van der Waals surface area contributed by atoms with Crippen LogP contribution in [0.1, 0.15) is 16.8 Å². The van der Waals surface area contributed by atoms with Gasteiger partial charge in [-0.25, -0.2) is 0 Å². The molecule has 2 N–H and O–H groups in total. The van der Waals surface area contributed by atoms with E-state index in [-0.39, 0.29) is 0 Å². The average Bonchev–Trinajstić information content (AvgIpc) is 2.41. The predicted octanol–water partition coefficient (Wildman–Crippen LogP) is 3.11. The number of rotatable bonds is 5. The van der Waals surface area contributed by atoms with Crippen molar-refractivity contribution in [2.24, 2.45) is 5.73 Å². The average molecular weight is 350 g/mol. The number of benzene rings is 1. The standard InChI is InChI=1S/C15H16BrN3S/c1-19(9-11-4-6-13(16)7-5-11)10-12-3-2-8-18-14(12)15(17)20/h2-8H,9-10H2,1H3,(H2,17,20). The molecule has 0 saturated carbocycles. The van der Waals surface area contributed by atoms with E-state index in [2.05, 4.69) is 45.0 Å². The second-order valence-corrected chi connectivity index (χ2v) is 6.03. The van der Waals surface area contributed by atoms with Gasteiger partial charge in [0, 0.05) is 23.8 Å². The summed E-state index contributed by atoms with van der Waals surface area (Å²) in [5, 5.41) is 0. The number of pyridine rings is 1.